The minimum Gasteiger partial charge on any atom is -0.341 e. The minimum absolute atomic E-state index is 0.0824. The molecule has 6 heteroatoms. The Bertz CT molecular complexity index is 596. The summed E-state index contributed by atoms with van der Waals surface area (Å²) < 4.78 is 0. The van der Waals surface area contributed by atoms with Crippen molar-refractivity contribution in [3.8, 4) is 0 Å². The molecule has 2 saturated heterocycles. The van der Waals surface area contributed by atoms with Crippen LogP contribution in [0.25, 0.3) is 0 Å². The van der Waals surface area contributed by atoms with E-state index in [1.165, 1.54) is 0 Å². The number of carbonyl (C=O) groups is 2. The molecule has 2 aliphatic heterocycles. The van der Waals surface area contributed by atoms with Gasteiger partial charge in [-0.15, -0.1) is 0 Å². The second-order valence-electron chi connectivity index (χ2n) is 6.87. The molecule has 3 rings (SSSR count). The number of carbonyl (C=O) groups excluding carboxylic acids is 2. The summed E-state index contributed by atoms with van der Waals surface area (Å²) in [5, 5.41) is 0. The van der Waals surface area contributed by atoms with E-state index in [1.54, 1.807) is 11.1 Å². The van der Waals surface area contributed by atoms with E-state index in [2.05, 4.69) is 9.97 Å². The lowest BCUT2D eigenvalue weighted by atomic mass is 9.93. The topological polar surface area (TPSA) is 66.4 Å². The van der Waals surface area contributed by atoms with Crippen LogP contribution in [0.1, 0.15) is 55.8 Å². The summed E-state index contributed by atoms with van der Waals surface area (Å²) in [7, 11) is 0. The van der Waals surface area contributed by atoms with Crippen molar-refractivity contribution in [1.82, 2.24) is 19.8 Å². The lowest BCUT2D eigenvalue weighted by Crippen LogP contribution is -2.45. The largest absolute Gasteiger partial charge is 0.341 e. The molecule has 0 aliphatic carbocycles. The number of amides is 2. The van der Waals surface area contributed by atoms with E-state index in [-0.39, 0.29) is 18.4 Å². The van der Waals surface area contributed by atoms with Gasteiger partial charge in [-0.1, -0.05) is 6.42 Å². The second kappa shape index (κ2) is 7.73. The quantitative estimate of drug-likeness (QED) is 0.849. The van der Waals surface area contributed by atoms with Gasteiger partial charge in [0.2, 0.25) is 11.8 Å². The molecular formula is C18H26N4O2. The van der Waals surface area contributed by atoms with Crippen LogP contribution in [0.5, 0.6) is 0 Å². The highest BCUT2D eigenvalue weighted by Gasteiger charge is 2.27. The van der Waals surface area contributed by atoms with Gasteiger partial charge in [0, 0.05) is 44.4 Å². The van der Waals surface area contributed by atoms with Gasteiger partial charge in [0.05, 0.1) is 17.9 Å². The predicted molar refractivity (Wildman–Crippen MR) is 90.4 cm³/mol. The van der Waals surface area contributed by atoms with Crippen LogP contribution in [0.4, 0.5) is 0 Å². The molecule has 2 fully saturated rings. The Morgan fingerprint density at radius 2 is 1.96 bits per heavy atom. The standard InChI is InChI=1S/C18H26N4O2/c1-14-11-19-12-16(20-14)15-6-9-21(10-7-15)18(24)13-22-8-4-2-3-5-17(22)23/h11-12,15H,2-10,13H2,1H3. The van der Waals surface area contributed by atoms with Crippen molar-refractivity contribution in [2.24, 2.45) is 0 Å². The van der Waals surface area contributed by atoms with Gasteiger partial charge in [-0.05, 0) is 32.6 Å². The summed E-state index contributed by atoms with van der Waals surface area (Å²) in [6, 6.07) is 0. The first-order chi connectivity index (χ1) is 11.6. The molecule has 0 aromatic carbocycles. The number of likely N-dealkylation sites (tertiary alicyclic amines) is 2. The van der Waals surface area contributed by atoms with E-state index < -0.39 is 0 Å². The Labute approximate surface area is 143 Å². The Morgan fingerprint density at radius 3 is 2.71 bits per heavy atom. The van der Waals surface area contributed by atoms with Crippen LogP contribution in [-0.4, -0.2) is 57.8 Å². The highest BCUT2D eigenvalue weighted by atomic mass is 16.2. The van der Waals surface area contributed by atoms with E-state index in [0.29, 0.717) is 12.3 Å². The van der Waals surface area contributed by atoms with Crippen LogP contribution < -0.4 is 0 Å². The normalized spacial score (nSPS) is 20.1. The van der Waals surface area contributed by atoms with E-state index in [4.69, 9.17) is 0 Å². The van der Waals surface area contributed by atoms with Gasteiger partial charge < -0.3 is 9.80 Å². The average Bonchev–Trinajstić information content (AvgIpc) is 2.80. The molecule has 1 aromatic rings. The molecular weight excluding hydrogens is 304 g/mol. The SMILES string of the molecule is Cc1cncc(C2CCN(C(=O)CN3CCCCCC3=O)CC2)n1. The number of hydrogen-bond donors (Lipinski definition) is 0. The summed E-state index contributed by atoms with van der Waals surface area (Å²) in [5.41, 5.74) is 1.97. The van der Waals surface area contributed by atoms with E-state index >= 15 is 0 Å². The molecule has 2 aliphatic rings. The zero-order valence-electron chi connectivity index (χ0n) is 14.4. The molecule has 0 saturated carbocycles. The molecule has 2 amide bonds. The van der Waals surface area contributed by atoms with Crippen molar-refractivity contribution in [1.29, 1.82) is 0 Å². The lowest BCUT2D eigenvalue weighted by Gasteiger charge is -2.33. The average molecular weight is 330 g/mol. The zero-order valence-corrected chi connectivity index (χ0v) is 14.4. The van der Waals surface area contributed by atoms with Gasteiger partial charge in [-0.3, -0.25) is 19.6 Å². The molecule has 1 aromatic heterocycles. The van der Waals surface area contributed by atoms with E-state index in [1.807, 2.05) is 18.0 Å². The van der Waals surface area contributed by atoms with Gasteiger partial charge in [-0.2, -0.15) is 0 Å². The van der Waals surface area contributed by atoms with Crippen LogP contribution in [0.2, 0.25) is 0 Å². The number of hydrogen-bond acceptors (Lipinski definition) is 4. The molecule has 0 spiro atoms. The second-order valence-corrected chi connectivity index (χ2v) is 6.87. The molecule has 0 bridgehead atoms. The van der Waals surface area contributed by atoms with Crippen LogP contribution in [0.15, 0.2) is 12.4 Å². The maximum Gasteiger partial charge on any atom is 0.242 e. The number of nitrogens with zero attached hydrogens (tertiary/aromatic N) is 4. The van der Waals surface area contributed by atoms with Gasteiger partial charge in [0.15, 0.2) is 0 Å². The summed E-state index contributed by atoms with van der Waals surface area (Å²) in [6.07, 6.45) is 9.06. The molecule has 130 valence electrons. The number of aryl methyl sites for hydroxylation is 1. The van der Waals surface area contributed by atoms with Crippen LogP contribution in [0, 0.1) is 6.92 Å². The smallest absolute Gasteiger partial charge is 0.242 e. The fraction of sp³-hybridized carbons (Fsp3) is 0.667. The number of piperidine rings is 1. The summed E-state index contributed by atoms with van der Waals surface area (Å²) in [4.78, 5) is 37.0. The summed E-state index contributed by atoms with van der Waals surface area (Å²) in [6.45, 7) is 4.39. The Morgan fingerprint density at radius 1 is 1.17 bits per heavy atom. The Balaban J connectivity index is 1.52. The predicted octanol–water partition coefficient (Wildman–Crippen LogP) is 1.89. The van der Waals surface area contributed by atoms with E-state index in [0.717, 1.165) is 63.1 Å². The summed E-state index contributed by atoms with van der Waals surface area (Å²) >= 11 is 0. The van der Waals surface area contributed by atoms with Gasteiger partial charge in [0.1, 0.15) is 0 Å². The van der Waals surface area contributed by atoms with Crippen molar-refractivity contribution in [2.45, 2.75) is 51.4 Å². The van der Waals surface area contributed by atoms with Crippen molar-refractivity contribution < 1.29 is 9.59 Å². The first-order valence-corrected chi connectivity index (χ1v) is 8.97. The van der Waals surface area contributed by atoms with Crippen LogP contribution in [-0.2, 0) is 9.59 Å². The maximum atomic E-state index is 12.5. The number of aromatic nitrogens is 2. The third-order valence-corrected chi connectivity index (χ3v) is 5.04. The van der Waals surface area contributed by atoms with Gasteiger partial charge in [0.25, 0.3) is 0 Å². The molecule has 6 nitrogen and oxygen atoms in total. The fourth-order valence-corrected chi connectivity index (χ4v) is 3.57. The van der Waals surface area contributed by atoms with Crippen LogP contribution >= 0.6 is 0 Å². The zero-order chi connectivity index (χ0) is 16.9. The molecule has 0 N–H and O–H groups in total. The molecule has 0 atom stereocenters. The molecule has 3 heterocycles. The Hall–Kier alpha value is -1.98. The number of rotatable bonds is 3. The highest BCUT2D eigenvalue weighted by Crippen LogP contribution is 2.26. The summed E-state index contributed by atoms with van der Waals surface area (Å²) in [5.74, 6) is 0.589. The fourth-order valence-electron chi connectivity index (χ4n) is 3.57. The minimum atomic E-state index is 0.0824. The van der Waals surface area contributed by atoms with Crippen molar-refractivity contribution in [3.63, 3.8) is 0 Å². The van der Waals surface area contributed by atoms with Crippen molar-refractivity contribution >= 4 is 11.8 Å². The van der Waals surface area contributed by atoms with Gasteiger partial charge >= 0.3 is 0 Å². The monoisotopic (exact) mass is 330 g/mol. The lowest BCUT2D eigenvalue weighted by molar-refractivity contribution is -0.140. The third-order valence-electron chi connectivity index (χ3n) is 5.04. The molecule has 0 radical (unpaired) electrons. The first-order valence-electron chi connectivity index (χ1n) is 8.97. The van der Waals surface area contributed by atoms with Crippen molar-refractivity contribution in [2.75, 3.05) is 26.2 Å². The Kier molecular flexibility index (Phi) is 5.43. The molecule has 24 heavy (non-hydrogen) atoms. The van der Waals surface area contributed by atoms with E-state index in [9.17, 15) is 9.59 Å². The van der Waals surface area contributed by atoms with Crippen LogP contribution in [0.3, 0.4) is 0 Å². The first kappa shape index (κ1) is 16.9. The molecule has 0 unspecified atom stereocenters. The third kappa shape index (κ3) is 4.10. The maximum absolute atomic E-state index is 12.5. The van der Waals surface area contributed by atoms with Gasteiger partial charge in [-0.25, -0.2) is 0 Å². The highest BCUT2D eigenvalue weighted by molar-refractivity contribution is 5.85. The van der Waals surface area contributed by atoms with Crippen molar-refractivity contribution in [3.05, 3.63) is 23.8 Å².